The number of carbonyl (C=O) groups is 1. The number of nitrogens with zero attached hydrogens (tertiary/aromatic N) is 1. The van der Waals surface area contributed by atoms with Gasteiger partial charge in [0.1, 0.15) is 0 Å². The lowest BCUT2D eigenvalue weighted by atomic mass is 9.99. The Morgan fingerprint density at radius 1 is 1.06 bits per heavy atom. The number of hydrogen-bond donors (Lipinski definition) is 1. The van der Waals surface area contributed by atoms with E-state index in [9.17, 15) is 13.2 Å². The van der Waals surface area contributed by atoms with Gasteiger partial charge in [-0.1, -0.05) is 58.5 Å². The molecule has 1 atom stereocenters. The van der Waals surface area contributed by atoms with Crippen LogP contribution in [0.1, 0.15) is 24.0 Å². The molecule has 0 spiro atoms. The first kappa shape index (κ1) is 26.9. The Kier molecular flexibility index (Phi) is 10.1. The molecule has 1 saturated heterocycles. The fourth-order valence-electron chi connectivity index (χ4n) is 3.55. The number of nitrogens with one attached hydrogen (secondary N) is 1. The minimum atomic E-state index is -3.60. The van der Waals surface area contributed by atoms with Crippen LogP contribution in [0.25, 0.3) is 0 Å². The van der Waals surface area contributed by atoms with E-state index < -0.39 is 10.0 Å². The zero-order valence-electron chi connectivity index (χ0n) is 17.7. The Balaban J connectivity index is 1.45. The van der Waals surface area contributed by atoms with Crippen LogP contribution >= 0.6 is 58.2 Å². The van der Waals surface area contributed by atoms with E-state index in [-0.39, 0.29) is 24.1 Å². The zero-order valence-corrected chi connectivity index (χ0v) is 22.4. The molecular formula is C22H24Cl4N2O3S2. The standard InChI is InChI=1S/C22H24Cl4N2O3S2/c23-18-5-4-17(20(25)11-18)14-33(30,31)28-8-1-2-16(12-28)22(29)27-7-9-32-13-15-3-6-19(24)21(26)10-15/h3-6,10-11,16H,1-2,7-9,12-14H2,(H,27,29). The lowest BCUT2D eigenvalue weighted by Gasteiger charge is -2.31. The molecule has 0 aromatic heterocycles. The summed E-state index contributed by atoms with van der Waals surface area (Å²) in [6.07, 6.45) is 1.30. The van der Waals surface area contributed by atoms with E-state index in [0.717, 1.165) is 17.1 Å². The average Bonchev–Trinajstić information content (AvgIpc) is 2.78. The van der Waals surface area contributed by atoms with Crippen molar-refractivity contribution in [1.29, 1.82) is 0 Å². The Morgan fingerprint density at radius 3 is 2.58 bits per heavy atom. The Labute approximate surface area is 219 Å². The highest BCUT2D eigenvalue weighted by atomic mass is 35.5. The third-order valence-corrected chi connectivity index (χ3v) is 9.45. The normalized spacial score (nSPS) is 17.2. The molecule has 2 aromatic rings. The minimum absolute atomic E-state index is 0.116. The summed E-state index contributed by atoms with van der Waals surface area (Å²) in [5.74, 6) is 0.789. The van der Waals surface area contributed by atoms with Gasteiger partial charge in [-0.05, 0) is 48.2 Å². The summed E-state index contributed by atoms with van der Waals surface area (Å²) in [6.45, 7) is 1.08. The van der Waals surface area contributed by atoms with Crippen LogP contribution in [0, 0.1) is 5.92 Å². The molecule has 1 heterocycles. The van der Waals surface area contributed by atoms with Gasteiger partial charge in [0, 0.05) is 41.2 Å². The van der Waals surface area contributed by atoms with Crippen molar-refractivity contribution in [3.05, 3.63) is 67.6 Å². The van der Waals surface area contributed by atoms with Crippen LogP contribution in [0.5, 0.6) is 0 Å². The van der Waals surface area contributed by atoms with Crippen LogP contribution in [0.3, 0.4) is 0 Å². The molecule has 0 bridgehead atoms. The molecular weight excluding hydrogens is 546 g/mol. The molecule has 0 aliphatic carbocycles. The first-order valence-electron chi connectivity index (χ1n) is 10.4. The molecule has 3 rings (SSSR count). The molecule has 2 aromatic carbocycles. The fraction of sp³-hybridized carbons (Fsp3) is 0.409. The average molecular weight is 570 g/mol. The first-order valence-corrected chi connectivity index (χ1v) is 14.6. The number of carbonyl (C=O) groups excluding carboxylic acids is 1. The second-order valence-corrected chi connectivity index (χ2v) is 12.5. The van der Waals surface area contributed by atoms with Crippen LogP contribution < -0.4 is 5.32 Å². The van der Waals surface area contributed by atoms with Crippen LogP contribution in [-0.4, -0.2) is 44.0 Å². The quantitative estimate of drug-likeness (QED) is 0.382. The number of benzene rings is 2. The summed E-state index contributed by atoms with van der Waals surface area (Å²) >= 11 is 25.7. The molecule has 1 unspecified atom stereocenters. The van der Waals surface area contributed by atoms with Crippen LogP contribution in [0.2, 0.25) is 20.1 Å². The molecule has 0 saturated carbocycles. The topological polar surface area (TPSA) is 66.5 Å². The molecule has 1 fully saturated rings. The van der Waals surface area contributed by atoms with Crippen LogP contribution in [0.4, 0.5) is 0 Å². The van der Waals surface area contributed by atoms with E-state index in [4.69, 9.17) is 46.4 Å². The van der Waals surface area contributed by atoms with Crippen molar-refractivity contribution < 1.29 is 13.2 Å². The van der Waals surface area contributed by atoms with Gasteiger partial charge in [-0.15, -0.1) is 0 Å². The summed E-state index contributed by atoms with van der Waals surface area (Å²) in [5.41, 5.74) is 1.56. The molecule has 1 aliphatic heterocycles. The maximum atomic E-state index is 12.9. The third kappa shape index (κ3) is 7.92. The SMILES string of the molecule is O=C(NCCSCc1ccc(Cl)c(Cl)c1)C1CCCN(S(=O)(=O)Cc2ccc(Cl)cc2Cl)C1. The monoisotopic (exact) mass is 568 g/mol. The summed E-state index contributed by atoms with van der Waals surface area (Å²) in [5, 5.41) is 4.75. The van der Waals surface area contributed by atoms with Gasteiger partial charge in [-0.2, -0.15) is 11.8 Å². The zero-order chi connectivity index (χ0) is 24.0. The number of halogens is 4. The second-order valence-electron chi connectivity index (χ2n) is 7.78. The van der Waals surface area contributed by atoms with Crippen molar-refractivity contribution in [3.8, 4) is 0 Å². The van der Waals surface area contributed by atoms with Gasteiger partial charge in [-0.3, -0.25) is 4.79 Å². The van der Waals surface area contributed by atoms with Gasteiger partial charge >= 0.3 is 0 Å². The van der Waals surface area contributed by atoms with E-state index in [2.05, 4.69) is 5.32 Å². The highest BCUT2D eigenvalue weighted by molar-refractivity contribution is 7.98. The largest absolute Gasteiger partial charge is 0.355 e. The van der Waals surface area contributed by atoms with E-state index >= 15 is 0 Å². The minimum Gasteiger partial charge on any atom is -0.355 e. The number of thioether (sulfide) groups is 1. The first-order chi connectivity index (χ1) is 15.7. The second kappa shape index (κ2) is 12.3. The molecule has 1 aliphatic rings. The molecule has 5 nitrogen and oxygen atoms in total. The molecule has 33 heavy (non-hydrogen) atoms. The molecule has 1 amide bonds. The molecule has 1 N–H and O–H groups in total. The van der Waals surface area contributed by atoms with Crippen molar-refractivity contribution in [3.63, 3.8) is 0 Å². The number of rotatable bonds is 9. The number of piperidine rings is 1. The Bertz CT molecular complexity index is 1100. The summed E-state index contributed by atoms with van der Waals surface area (Å²) in [7, 11) is -3.60. The van der Waals surface area contributed by atoms with Crippen molar-refractivity contribution in [2.45, 2.75) is 24.3 Å². The third-order valence-electron chi connectivity index (χ3n) is 5.30. The lowest BCUT2D eigenvalue weighted by molar-refractivity contribution is -0.125. The number of amides is 1. The highest BCUT2D eigenvalue weighted by Crippen LogP contribution is 2.27. The van der Waals surface area contributed by atoms with E-state index in [1.54, 1.807) is 30.0 Å². The van der Waals surface area contributed by atoms with Gasteiger partial charge in [-0.25, -0.2) is 12.7 Å². The number of sulfonamides is 1. The molecule has 0 radical (unpaired) electrons. The summed E-state index contributed by atoms with van der Waals surface area (Å²) in [6, 6.07) is 10.3. The van der Waals surface area contributed by atoms with E-state index in [1.165, 1.54) is 10.4 Å². The predicted molar refractivity (Wildman–Crippen MR) is 139 cm³/mol. The Hall–Kier alpha value is -0.670. The van der Waals surface area contributed by atoms with Crippen molar-refractivity contribution in [2.75, 3.05) is 25.4 Å². The lowest BCUT2D eigenvalue weighted by Crippen LogP contribution is -2.46. The summed E-state index contributed by atoms with van der Waals surface area (Å²) in [4.78, 5) is 12.6. The molecule has 180 valence electrons. The van der Waals surface area contributed by atoms with Crippen LogP contribution in [0.15, 0.2) is 36.4 Å². The predicted octanol–water partition coefficient (Wildman–Crippen LogP) is 5.89. The maximum absolute atomic E-state index is 12.9. The van der Waals surface area contributed by atoms with E-state index in [0.29, 0.717) is 51.6 Å². The van der Waals surface area contributed by atoms with Gasteiger partial charge in [0.25, 0.3) is 0 Å². The maximum Gasteiger partial charge on any atom is 0.224 e. The van der Waals surface area contributed by atoms with Gasteiger partial charge in [0.2, 0.25) is 15.9 Å². The van der Waals surface area contributed by atoms with Gasteiger partial charge in [0.05, 0.1) is 21.7 Å². The fourth-order valence-corrected chi connectivity index (χ4v) is 6.87. The number of hydrogen-bond acceptors (Lipinski definition) is 4. The smallest absolute Gasteiger partial charge is 0.224 e. The van der Waals surface area contributed by atoms with Crippen molar-refractivity contribution in [2.24, 2.45) is 5.92 Å². The van der Waals surface area contributed by atoms with E-state index in [1.807, 2.05) is 12.1 Å². The van der Waals surface area contributed by atoms with Crippen molar-refractivity contribution >= 4 is 74.1 Å². The Morgan fingerprint density at radius 2 is 1.85 bits per heavy atom. The van der Waals surface area contributed by atoms with Crippen molar-refractivity contribution in [1.82, 2.24) is 9.62 Å². The van der Waals surface area contributed by atoms with Gasteiger partial charge in [0.15, 0.2) is 0 Å². The van der Waals surface area contributed by atoms with Crippen LogP contribution in [-0.2, 0) is 26.3 Å². The van der Waals surface area contributed by atoms with Gasteiger partial charge < -0.3 is 5.32 Å². The highest BCUT2D eigenvalue weighted by Gasteiger charge is 2.32. The molecule has 11 heteroatoms. The summed E-state index contributed by atoms with van der Waals surface area (Å²) < 4.78 is 27.2.